The number of carbonyl (C=O) groups excluding carboxylic acids is 1. The van der Waals surface area contributed by atoms with Gasteiger partial charge in [-0.1, -0.05) is 0 Å². The van der Waals surface area contributed by atoms with E-state index in [4.69, 9.17) is 5.73 Å². The van der Waals surface area contributed by atoms with Crippen molar-refractivity contribution in [1.29, 1.82) is 0 Å². The van der Waals surface area contributed by atoms with Gasteiger partial charge in [0, 0.05) is 24.7 Å². The lowest BCUT2D eigenvalue weighted by atomic mass is 9.99. The Balaban J connectivity index is 1.57. The van der Waals surface area contributed by atoms with Crippen molar-refractivity contribution in [2.45, 2.75) is 18.9 Å². The molecule has 1 amide bonds. The second-order valence-electron chi connectivity index (χ2n) is 5.90. The molecule has 0 bridgehead atoms. The molecule has 4 rings (SSSR count). The van der Waals surface area contributed by atoms with Gasteiger partial charge < -0.3 is 10.6 Å². The van der Waals surface area contributed by atoms with E-state index < -0.39 is 0 Å². The highest BCUT2D eigenvalue weighted by molar-refractivity contribution is 5.97. The number of H-pyrrole nitrogens is 1. The molecular formula is C14H17N5O. The van der Waals surface area contributed by atoms with Crippen molar-refractivity contribution in [1.82, 2.24) is 20.3 Å². The molecule has 1 aliphatic heterocycles. The van der Waals surface area contributed by atoms with Crippen molar-refractivity contribution in [3.05, 3.63) is 23.8 Å². The molecule has 2 heterocycles. The molecule has 0 radical (unpaired) electrons. The number of nitrogens with zero attached hydrogens (tertiary/aromatic N) is 3. The summed E-state index contributed by atoms with van der Waals surface area (Å²) in [5.74, 6) is 1.27. The number of hydrogen-bond donors (Lipinski definition) is 2. The Bertz CT molecular complexity index is 662. The largest absolute Gasteiger partial charge is 0.337 e. The fourth-order valence-electron chi connectivity index (χ4n) is 3.20. The highest BCUT2D eigenvalue weighted by atomic mass is 16.2. The summed E-state index contributed by atoms with van der Waals surface area (Å²) in [6.45, 7) is 1.46. The molecule has 6 heteroatoms. The van der Waals surface area contributed by atoms with Crippen molar-refractivity contribution in [3.8, 4) is 0 Å². The SMILES string of the molecule is N[C@H]1CN(C(=O)c2ccc3n[nH]nc3c2)C[C@@H]1C1CC1. The van der Waals surface area contributed by atoms with Crippen molar-refractivity contribution in [2.24, 2.45) is 17.6 Å². The van der Waals surface area contributed by atoms with Gasteiger partial charge in [-0.3, -0.25) is 4.79 Å². The van der Waals surface area contributed by atoms with E-state index in [1.54, 1.807) is 6.07 Å². The summed E-state index contributed by atoms with van der Waals surface area (Å²) < 4.78 is 0. The number of rotatable bonds is 2. The third-order valence-corrected chi connectivity index (χ3v) is 4.49. The molecule has 3 N–H and O–H groups in total. The second kappa shape index (κ2) is 4.28. The minimum atomic E-state index is 0.0495. The fraction of sp³-hybridized carbons (Fsp3) is 0.500. The molecule has 1 aromatic carbocycles. The number of nitrogens with two attached hydrogens (primary N) is 1. The Labute approximate surface area is 116 Å². The first-order chi connectivity index (χ1) is 9.72. The van der Waals surface area contributed by atoms with Gasteiger partial charge in [-0.05, 0) is 42.9 Å². The van der Waals surface area contributed by atoms with E-state index in [1.807, 2.05) is 17.0 Å². The predicted octanol–water partition coefficient (Wildman–Crippen LogP) is 0.767. The lowest BCUT2D eigenvalue weighted by molar-refractivity contribution is 0.0785. The molecule has 1 aliphatic carbocycles. The van der Waals surface area contributed by atoms with Crippen molar-refractivity contribution < 1.29 is 4.79 Å². The summed E-state index contributed by atoms with van der Waals surface area (Å²) in [6.07, 6.45) is 2.54. The third kappa shape index (κ3) is 1.87. The molecule has 1 aromatic heterocycles. The van der Waals surface area contributed by atoms with Crippen LogP contribution in [-0.2, 0) is 0 Å². The molecule has 0 spiro atoms. The van der Waals surface area contributed by atoms with Crippen LogP contribution < -0.4 is 5.73 Å². The zero-order valence-corrected chi connectivity index (χ0v) is 11.1. The Kier molecular flexibility index (Phi) is 2.53. The van der Waals surface area contributed by atoms with Crippen LogP contribution in [0.15, 0.2) is 18.2 Å². The van der Waals surface area contributed by atoms with Gasteiger partial charge in [0.25, 0.3) is 5.91 Å². The first-order valence-corrected chi connectivity index (χ1v) is 7.08. The lowest BCUT2D eigenvalue weighted by Gasteiger charge is -2.16. The van der Waals surface area contributed by atoms with Crippen LogP contribution in [0.5, 0.6) is 0 Å². The molecule has 6 nitrogen and oxygen atoms in total. The van der Waals surface area contributed by atoms with Crippen molar-refractivity contribution in [2.75, 3.05) is 13.1 Å². The molecule has 20 heavy (non-hydrogen) atoms. The molecular weight excluding hydrogens is 254 g/mol. The zero-order valence-electron chi connectivity index (χ0n) is 11.1. The van der Waals surface area contributed by atoms with Crippen LogP contribution in [0, 0.1) is 11.8 Å². The average Bonchev–Trinajstić information content (AvgIpc) is 3.06. The first-order valence-electron chi connectivity index (χ1n) is 7.08. The van der Waals surface area contributed by atoms with Crippen LogP contribution >= 0.6 is 0 Å². The molecule has 2 fully saturated rings. The zero-order chi connectivity index (χ0) is 13.7. The highest BCUT2D eigenvalue weighted by Crippen LogP contribution is 2.41. The highest BCUT2D eigenvalue weighted by Gasteiger charge is 2.42. The number of nitrogens with one attached hydrogen (secondary N) is 1. The number of likely N-dealkylation sites (tertiary alicyclic amines) is 1. The predicted molar refractivity (Wildman–Crippen MR) is 74.0 cm³/mol. The number of aromatic nitrogens is 3. The third-order valence-electron chi connectivity index (χ3n) is 4.49. The average molecular weight is 271 g/mol. The van der Waals surface area contributed by atoms with Gasteiger partial charge in [-0.2, -0.15) is 15.4 Å². The van der Waals surface area contributed by atoms with E-state index in [1.165, 1.54) is 12.8 Å². The molecule has 2 aromatic rings. The summed E-state index contributed by atoms with van der Waals surface area (Å²) in [6, 6.07) is 5.54. The minimum Gasteiger partial charge on any atom is -0.337 e. The summed E-state index contributed by atoms with van der Waals surface area (Å²) in [7, 11) is 0. The van der Waals surface area contributed by atoms with Crippen LogP contribution in [0.2, 0.25) is 0 Å². The molecule has 2 aliphatic rings. The van der Waals surface area contributed by atoms with E-state index in [0.717, 1.165) is 23.5 Å². The number of amides is 1. The summed E-state index contributed by atoms with van der Waals surface area (Å²) in [5.41, 5.74) is 8.34. The molecule has 2 atom stereocenters. The maximum atomic E-state index is 12.6. The molecule has 1 saturated heterocycles. The smallest absolute Gasteiger partial charge is 0.253 e. The van der Waals surface area contributed by atoms with Crippen LogP contribution in [0.1, 0.15) is 23.2 Å². The fourth-order valence-corrected chi connectivity index (χ4v) is 3.20. The molecule has 104 valence electrons. The van der Waals surface area contributed by atoms with E-state index in [9.17, 15) is 4.79 Å². The number of aromatic amines is 1. The number of carbonyl (C=O) groups is 1. The van der Waals surface area contributed by atoms with Gasteiger partial charge in [-0.15, -0.1) is 0 Å². The van der Waals surface area contributed by atoms with Gasteiger partial charge in [-0.25, -0.2) is 0 Å². The van der Waals surface area contributed by atoms with Crippen molar-refractivity contribution >= 4 is 16.9 Å². The van der Waals surface area contributed by atoms with Crippen molar-refractivity contribution in [3.63, 3.8) is 0 Å². The number of benzene rings is 1. The van der Waals surface area contributed by atoms with Crippen LogP contribution in [0.25, 0.3) is 11.0 Å². The van der Waals surface area contributed by atoms with Crippen LogP contribution in [0.3, 0.4) is 0 Å². The Morgan fingerprint density at radius 3 is 2.85 bits per heavy atom. The monoisotopic (exact) mass is 271 g/mol. The quantitative estimate of drug-likeness (QED) is 0.844. The van der Waals surface area contributed by atoms with E-state index >= 15 is 0 Å². The standard InChI is InChI=1S/C14H17N5O/c15-11-7-19(6-10(11)8-1-2-8)14(20)9-3-4-12-13(5-9)17-18-16-12/h3-5,8,10-11H,1-2,6-7,15H2,(H,16,17,18)/t10-,11+/m1/s1. The van der Waals surface area contributed by atoms with Gasteiger partial charge in [0.2, 0.25) is 0 Å². The van der Waals surface area contributed by atoms with Gasteiger partial charge in [0.15, 0.2) is 0 Å². The lowest BCUT2D eigenvalue weighted by Crippen LogP contribution is -2.32. The Morgan fingerprint density at radius 2 is 2.05 bits per heavy atom. The number of fused-ring (bicyclic) bond motifs is 1. The summed E-state index contributed by atoms with van der Waals surface area (Å²) >= 11 is 0. The number of hydrogen-bond acceptors (Lipinski definition) is 4. The van der Waals surface area contributed by atoms with Crippen LogP contribution in [-0.4, -0.2) is 45.3 Å². The Hall–Kier alpha value is -1.95. The first kappa shape index (κ1) is 11.8. The normalized spacial score (nSPS) is 26.4. The van der Waals surface area contributed by atoms with E-state index in [2.05, 4.69) is 15.4 Å². The minimum absolute atomic E-state index is 0.0495. The van der Waals surface area contributed by atoms with Gasteiger partial charge in [0.05, 0.1) is 0 Å². The van der Waals surface area contributed by atoms with Gasteiger partial charge >= 0.3 is 0 Å². The van der Waals surface area contributed by atoms with E-state index in [0.29, 0.717) is 18.0 Å². The maximum Gasteiger partial charge on any atom is 0.253 e. The topological polar surface area (TPSA) is 87.9 Å². The summed E-state index contributed by atoms with van der Waals surface area (Å²) in [4.78, 5) is 14.4. The van der Waals surface area contributed by atoms with E-state index in [-0.39, 0.29) is 11.9 Å². The van der Waals surface area contributed by atoms with Gasteiger partial charge in [0.1, 0.15) is 11.0 Å². The Morgan fingerprint density at radius 1 is 1.25 bits per heavy atom. The van der Waals surface area contributed by atoms with Crippen LogP contribution in [0.4, 0.5) is 0 Å². The molecule has 1 saturated carbocycles. The second-order valence-corrected chi connectivity index (χ2v) is 5.90. The maximum absolute atomic E-state index is 12.6. The molecule has 0 unspecified atom stereocenters. The summed E-state index contributed by atoms with van der Waals surface area (Å²) in [5, 5.41) is 10.6.